The maximum atomic E-state index is 13.5. The summed E-state index contributed by atoms with van der Waals surface area (Å²) in [5.74, 6) is -0.344. The van der Waals surface area contributed by atoms with Gasteiger partial charge in [0.05, 0.1) is 18.2 Å². The molecule has 1 unspecified atom stereocenters. The predicted octanol–water partition coefficient (Wildman–Crippen LogP) is 1.07. The molecule has 86 valence electrons. The second kappa shape index (κ2) is 4.51. The van der Waals surface area contributed by atoms with Crippen LogP contribution in [0.5, 0.6) is 0 Å². The maximum absolute atomic E-state index is 13.5. The first kappa shape index (κ1) is 10.9. The molecule has 0 saturated heterocycles. The minimum atomic E-state index is -0.843. The molecule has 0 aliphatic heterocycles. The molecule has 0 amide bonds. The Kier molecular flexibility index (Phi) is 3.07. The molecule has 0 bridgehead atoms. The Morgan fingerprint density at radius 1 is 1.44 bits per heavy atom. The van der Waals surface area contributed by atoms with Gasteiger partial charge in [-0.2, -0.15) is 0 Å². The lowest BCUT2D eigenvalue weighted by atomic mass is 10.2. The third-order valence-corrected chi connectivity index (χ3v) is 2.36. The summed E-state index contributed by atoms with van der Waals surface area (Å²) in [6.45, 7) is -0.131. The van der Waals surface area contributed by atoms with Crippen molar-refractivity contribution in [3.63, 3.8) is 0 Å². The van der Waals surface area contributed by atoms with E-state index in [9.17, 15) is 4.39 Å². The van der Waals surface area contributed by atoms with Crippen LogP contribution in [0.4, 0.5) is 10.1 Å². The molecule has 1 aromatic heterocycles. The van der Waals surface area contributed by atoms with Crippen LogP contribution in [0.1, 0.15) is 0 Å². The summed E-state index contributed by atoms with van der Waals surface area (Å²) >= 11 is 0. The first-order chi connectivity index (χ1) is 7.70. The number of aliphatic hydroxyl groups excluding tert-OH is 2. The Morgan fingerprint density at radius 3 is 3.00 bits per heavy atom. The molecule has 0 radical (unpaired) electrons. The van der Waals surface area contributed by atoms with Crippen molar-refractivity contribution < 1.29 is 14.6 Å². The highest BCUT2D eigenvalue weighted by molar-refractivity contribution is 5.83. The van der Waals surface area contributed by atoms with Gasteiger partial charge in [0.15, 0.2) is 0 Å². The van der Waals surface area contributed by atoms with Gasteiger partial charge in [-0.05, 0) is 18.2 Å². The molecule has 0 fully saturated rings. The van der Waals surface area contributed by atoms with Gasteiger partial charge >= 0.3 is 0 Å². The number of anilines is 1. The van der Waals surface area contributed by atoms with E-state index in [4.69, 9.17) is 10.2 Å². The van der Waals surface area contributed by atoms with Crippen molar-refractivity contribution in [2.75, 3.05) is 18.5 Å². The van der Waals surface area contributed by atoms with Crippen molar-refractivity contribution in [1.29, 1.82) is 0 Å². The fourth-order valence-corrected chi connectivity index (χ4v) is 1.53. The highest BCUT2D eigenvalue weighted by atomic mass is 19.1. The molecule has 0 aliphatic rings. The first-order valence-electron chi connectivity index (χ1n) is 5.00. The number of rotatable bonds is 4. The summed E-state index contributed by atoms with van der Waals surface area (Å²) < 4.78 is 13.5. The summed E-state index contributed by atoms with van der Waals surface area (Å²) in [5.41, 5.74) is 1.05. The SMILES string of the molecule is OCC(O)CNc1cc(F)c2[nH]ccc2c1. The summed E-state index contributed by atoms with van der Waals surface area (Å²) in [7, 11) is 0. The molecule has 4 nitrogen and oxygen atoms in total. The third kappa shape index (κ3) is 2.15. The molecule has 1 atom stereocenters. The number of aromatic nitrogens is 1. The van der Waals surface area contributed by atoms with Crippen molar-refractivity contribution in [3.8, 4) is 0 Å². The molecular formula is C11H13FN2O2. The number of halogens is 1. The van der Waals surface area contributed by atoms with Gasteiger partial charge < -0.3 is 20.5 Å². The van der Waals surface area contributed by atoms with E-state index >= 15 is 0 Å². The maximum Gasteiger partial charge on any atom is 0.149 e. The number of hydrogen-bond donors (Lipinski definition) is 4. The largest absolute Gasteiger partial charge is 0.394 e. The zero-order valence-corrected chi connectivity index (χ0v) is 8.57. The quantitative estimate of drug-likeness (QED) is 0.628. The van der Waals surface area contributed by atoms with Gasteiger partial charge in [-0.15, -0.1) is 0 Å². The van der Waals surface area contributed by atoms with Crippen molar-refractivity contribution >= 4 is 16.6 Å². The number of H-pyrrole nitrogens is 1. The number of fused-ring (bicyclic) bond motifs is 1. The summed E-state index contributed by atoms with van der Waals surface area (Å²) in [6.07, 6.45) is 0.824. The van der Waals surface area contributed by atoms with E-state index in [0.29, 0.717) is 11.2 Å². The lowest BCUT2D eigenvalue weighted by molar-refractivity contribution is 0.105. The number of aliphatic hydroxyl groups is 2. The zero-order chi connectivity index (χ0) is 11.5. The van der Waals surface area contributed by atoms with Crippen LogP contribution in [0.2, 0.25) is 0 Å². The first-order valence-corrected chi connectivity index (χ1v) is 5.00. The van der Waals surface area contributed by atoms with Gasteiger partial charge in [-0.3, -0.25) is 0 Å². The van der Waals surface area contributed by atoms with Crippen LogP contribution in [-0.2, 0) is 0 Å². The van der Waals surface area contributed by atoms with Gasteiger partial charge in [0.25, 0.3) is 0 Å². The molecular weight excluding hydrogens is 211 g/mol. The van der Waals surface area contributed by atoms with Crippen molar-refractivity contribution in [2.24, 2.45) is 0 Å². The van der Waals surface area contributed by atoms with E-state index in [-0.39, 0.29) is 19.0 Å². The van der Waals surface area contributed by atoms with E-state index in [1.54, 1.807) is 18.3 Å². The van der Waals surface area contributed by atoms with Crippen molar-refractivity contribution in [1.82, 2.24) is 4.98 Å². The molecule has 2 rings (SSSR count). The Labute approximate surface area is 91.7 Å². The number of benzene rings is 1. The van der Waals surface area contributed by atoms with Crippen LogP contribution in [-0.4, -0.2) is 34.5 Å². The lowest BCUT2D eigenvalue weighted by Gasteiger charge is -2.10. The Morgan fingerprint density at radius 2 is 2.25 bits per heavy atom. The number of aromatic amines is 1. The smallest absolute Gasteiger partial charge is 0.149 e. The van der Waals surface area contributed by atoms with Gasteiger partial charge in [0.1, 0.15) is 5.82 Å². The number of hydrogen-bond acceptors (Lipinski definition) is 3. The zero-order valence-electron chi connectivity index (χ0n) is 8.57. The molecule has 16 heavy (non-hydrogen) atoms. The second-order valence-corrected chi connectivity index (χ2v) is 3.62. The lowest BCUT2D eigenvalue weighted by Crippen LogP contribution is -2.22. The van der Waals surface area contributed by atoms with Crippen LogP contribution in [0.3, 0.4) is 0 Å². The molecule has 1 heterocycles. The molecule has 4 N–H and O–H groups in total. The third-order valence-electron chi connectivity index (χ3n) is 2.36. The van der Waals surface area contributed by atoms with Gasteiger partial charge in [0, 0.05) is 23.8 Å². The van der Waals surface area contributed by atoms with E-state index < -0.39 is 6.10 Å². The van der Waals surface area contributed by atoms with Crippen LogP contribution >= 0.6 is 0 Å². The fraction of sp³-hybridized carbons (Fsp3) is 0.273. The Balaban J connectivity index is 2.18. The standard InChI is InChI=1S/C11H13FN2O2/c12-10-4-8(14-5-9(16)6-15)3-7-1-2-13-11(7)10/h1-4,9,13-16H,5-6H2. The summed E-state index contributed by atoms with van der Waals surface area (Å²) in [4.78, 5) is 2.80. The van der Waals surface area contributed by atoms with E-state index in [0.717, 1.165) is 5.39 Å². The second-order valence-electron chi connectivity index (χ2n) is 3.62. The molecule has 2 aromatic rings. The van der Waals surface area contributed by atoms with E-state index in [1.165, 1.54) is 6.07 Å². The summed E-state index contributed by atoms with van der Waals surface area (Å²) in [5, 5.41) is 21.4. The van der Waals surface area contributed by atoms with Crippen molar-refractivity contribution in [3.05, 3.63) is 30.2 Å². The Hall–Kier alpha value is -1.59. The average molecular weight is 224 g/mol. The predicted molar refractivity (Wildman–Crippen MR) is 59.8 cm³/mol. The highest BCUT2D eigenvalue weighted by Crippen LogP contribution is 2.21. The van der Waals surface area contributed by atoms with Crippen LogP contribution in [0.15, 0.2) is 24.4 Å². The molecule has 1 aromatic carbocycles. The van der Waals surface area contributed by atoms with Crippen LogP contribution in [0.25, 0.3) is 10.9 Å². The minimum Gasteiger partial charge on any atom is -0.394 e. The molecule has 0 aliphatic carbocycles. The highest BCUT2D eigenvalue weighted by Gasteiger charge is 2.06. The minimum absolute atomic E-state index is 0.186. The molecule has 0 spiro atoms. The fourth-order valence-electron chi connectivity index (χ4n) is 1.53. The normalized spacial score (nSPS) is 12.9. The van der Waals surface area contributed by atoms with Gasteiger partial charge in [-0.25, -0.2) is 4.39 Å². The number of nitrogens with one attached hydrogen (secondary N) is 2. The van der Waals surface area contributed by atoms with Crippen LogP contribution < -0.4 is 5.32 Å². The Bertz CT molecular complexity index is 484. The van der Waals surface area contributed by atoms with E-state index in [2.05, 4.69) is 10.3 Å². The van der Waals surface area contributed by atoms with Crippen LogP contribution in [0, 0.1) is 5.82 Å². The van der Waals surface area contributed by atoms with Gasteiger partial charge in [0.2, 0.25) is 0 Å². The van der Waals surface area contributed by atoms with Gasteiger partial charge in [-0.1, -0.05) is 0 Å². The molecule has 5 heteroatoms. The topological polar surface area (TPSA) is 68.3 Å². The molecule has 0 saturated carbocycles. The van der Waals surface area contributed by atoms with Crippen molar-refractivity contribution in [2.45, 2.75) is 6.10 Å². The van der Waals surface area contributed by atoms with E-state index in [1.807, 2.05) is 0 Å². The summed E-state index contributed by atoms with van der Waals surface area (Å²) in [6, 6.07) is 4.90. The monoisotopic (exact) mass is 224 g/mol. The average Bonchev–Trinajstić information content (AvgIpc) is 2.74.